The highest BCUT2D eigenvalue weighted by molar-refractivity contribution is 7.99. The molecule has 2 rings (SSSR count). The number of Topliss-reactive ketones (excluding diaryl/α,β-unsaturated/α-hetero) is 1. The Bertz CT molecular complexity index is 507. The average Bonchev–Trinajstić information content (AvgIpc) is 2.67. The van der Waals surface area contributed by atoms with Gasteiger partial charge in [0.2, 0.25) is 5.78 Å². The molecule has 0 N–H and O–H groups in total. The Kier molecular flexibility index (Phi) is 3.38. The maximum atomic E-state index is 11.8. The van der Waals surface area contributed by atoms with Crippen LogP contribution in [0.1, 0.15) is 10.5 Å². The van der Waals surface area contributed by atoms with Gasteiger partial charge in [0.05, 0.1) is 16.1 Å². The third-order valence-electron chi connectivity index (χ3n) is 2.02. The molecule has 88 valence electrons. The molecule has 0 saturated carbocycles. The Balaban J connectivity index is 2.04. The van der Waals surface area contributed by atoms with E-state index in [0.717, 1.165) is 9.71 Å². The summed E-state index contributed by atoms with van der Waals surface area (Å²) in [4.78, 5) is 15.8. The first-order chi connectivity index (χ1) is 8.18. The minimum absolute atomic E-state index is 0.0477. The molecule has 0 saturated heterocycles. The van der Waals surface area contributed by atoms with Crippen LogP contribution in [0.3, 0.4) is 0 Å². The maximum Gasteiger partial charge on any atom is 0.300 e. The third-order valence-corrected chi connectivity index (χ3v) is 2.96. The van der Waals surface area contributed by atoms with Crippen molar-refractivity contribution >= 4 is 17.5 Å². The molecular weight excluding hydrogens is 242 g/mol. The van der Waals surface area contributed by atoms with Crippen LogP contribution in [-0.2, 0) is 7.05 Å². The SMILES string of the molecule is C[n+]1noc([O-])c1C(=O)CSc1ccccn1. The summed E-state index contributed by atoms with van der Waals surface area (Å²) in [5.41, 5.74) is -0.0477. The van der Waals surface area contributed by atoms with Crippen molar-refractivity contribution in [2.45, 2.75) is 5.03 Å². The van der Waals surface area contributed by atoms with Crippen LogP contribution in [0, 0.1) is 0 Å². The number of hydrogen-bond acceptors (Lipinski definition) is 6. The molecule has 0 aliphatic carbocycles. The number of rotatable bonds is 4. The predicted octanol–water partition coefficient (Wildman–Crippen LogP) is -0.0573. The second kappa shape index (κ2) is 4.96. The van der Waals surface area contributed by atoms with Gasteiger partial charge in [0.15, 0.2) is 13.0 Å². The lowest BCUT2D eigenvalue weighted by atomic mass is 10.3. The van der Waals surface area contributed by atoms with Crippen LogP contribution in [0.4, 0.5) is 0 Å². The lowest BCUT2D eigenvalue weighted by Gasteiger charge is -1.97. The first-order valence-corrected chi connectivity index (χ1v) is 5.77. The highest BCUT2D eigenvalue weighted by Crippen LogP contribution is 2.17. The Morgan fingerprint density at radius 2 is 2.41 bits per heavy atom. The summed E-state index contributed by atoms with van der Waals surface area (Å²) >= 11 is 1.26. The predicted molar refractivity (Wildman–Crippen MR) is 56.4 cm³/mol. The van der Waals surface area contributed by atoms with Gasteiger partial charge in [0, 0.05) is 6.20 Å². The van der Waals surface area contributed by atoms with Gasteiger partial charge < -0.3 is 9.63 Å². The molecule has 2 aromatic heterocycles. The van der Waals surface area contributed by atoms with Gasteiger partial charge in [0.25, 0.3) is 5.69 Å². The molecule has 17 heavy (non-hydrogen) atoms. The normalized spacial score (nSPS) is 10.4. The first-order valence-electron chi connectivity index (χ1n) is 4.78. The molecule has 0 aliphatic heterocycles. The highest BCUT2D eigenvalue weighted by Gasteiger charge is 2.22. The Hall–Kier alpha value is -1.89. The number of hydrogen-bond donors (Lipinski definition) is 0. The third kappa shape index (κ3) is 2.62. The standard InChI is InChI=1S/C10H9N3O3S/c1-13-9(10(15)16-12-13)7(14)6-17-8-4-2-3-5-11-8/h2-5H,6H2,1H3. The second-order valence-corrected chi connectivity index (χ2v) is 4.21. The van der Waals surface area contributed by atoms with Gasteiger partial charge in [-0.2, -0.15) is 0 Å². The van der Waals surface area contributed by atoms with Crippen LogP contribution in [-0.4, -0.2) is 21.8 Å². The van der Waals surface area contributed by atoms with E-state index in [1.165, 1.54) is 18.8 Å². The van der Waals surface area contributed by atoms with E-state index in [1.807, 2.05) is 6.07 Å². The van der Waals surface area contributed by atoms with E-state index in [0.29, 0.717) is 0 Å². The zero-order valence-electron chi connectivity index (χ0n) is 8.99. The van der Waals surface area contributed by atoms with E-state index in [-0.39, 0.29) is 17.2 Å². The number of aromatic nitrogens is 3. The minimum Gasteiger partial charge on any atom is -0.539 e. The van der Waals surface area contributed by atoms with Gasteiger partial charge in [-0.3, -0.25) is 4.79 Å². The molecule has 0 spiro atoms. The molecule has 2 heterocycles. The van der Waals surface area contributed by atoms with Crippen LogP contribution in [0.25, 0.3) is 0 Å². The minimum atomic E-state index is -0.709. The van der Waals surface area contributed by atoms with Crippen LogP contribution >= 0.6 is 11.8 Å². The van der Waals surface area contributed by atoms with Crippen molar-refractivity contribution in [1.82, 2.24) is 10.3 Å². The molecule has 0 unspecified atom stereocenters. The number of carbonyl (C=O) groups excluding carboxylic acids is 1. The van der Waals surface area contributed by atoms with E-state index in [2.05, 4.69) is 14.8 Å². The summed E-state index contributed by atoms with van der Waals surface area (Å²) in [5, 5.41) is 15.3. The van der Waals surface area contributed by atoms with Gasteiger partial charge >= 0.3 is 0 Å². The van der Waals surface area contributed by atoms with Gasteiger partial charge in [0.1, 0.15) is 0 Å². The Labute approximate surface area is 101 Å². The molecule has 7 heteroatoms. The van der Waals surface area contributed by atoms with Crippen molar-refractivity contribution in [3.63, 3.8) is 0 Å². The maximum absolute atomic E-state index is 11.8. The van der Waals surface area contributed by atoms with Crippen molar-refractivity contribution in [2.75, 3.05) is 5.75 Å². The van der Waals surface area contributed by atoms with Crippen molar-refractivity contribution in [3.05, 3.63) is 30.1 Å². The number of aryl methyl sites for hydroxylation is 1. The van der Waals surface area contributed by atoms with Crippen LogP contribution in [0.15, 0.2) is 33.9 Å². The topological polar surface area (TPSA) is 82.9 Å². The molecule has 0 atom stereocenters. The fourth-order valence-corrected chi connectivity index (χ4v) is 1.97. The van der Waals surface area contributed by atoms with E-state index in [1.54, 1.807) is 18.3 Å². The summed E-state index contributed by atoms with van der Waals surface area (Å²) in [7, 11) is 1.49. The smallest absolute Gasteiger partial charge is 0.300 e. The summed E-state index contributed by atoms with van der Waals surface area (Å²) in [6, 6.07) is 5.42. The average molecular weight is 251 g/mol. The molecule has 0 fully saturated rings. The first kappa shape index (κ1) is 11.6. The summed E-state index contributed by atoms with van der Waals surface area (Å²) in [6.45, 7) is 0. The van der Waals surface area contributed by atoms with Crippen molar-refractivity contribution in [1.29, 1.82) is 0 Å². The summed E-state index contributed by atoms with van der Waals surface area (Å²) < 4.78 is 5.52. The fourth-order valence-electron chi connectivity index (χ4n) is 1.25. The summed E-state index contributed by atoms with van der Waals surface area (Å²) in [6.07, 6.45) is 1.64. The number of ketones is 1. The zero-order chi connectivity index (χ0) is 12.3. The Morgan fingerprint density at radius 3 is 3.00 bits per heavy atom. The van der Waals surface area contributed by atoms with Crippen molar-refractivity contribution in [3.8, 4) is 5.95 Å². The lowest BCUT2D eigenvalue weighted by Crippen LogP contribution is -2.37. The van der Waals surface area contributed by atoms with E-state index in [9.17, 15) is 9.90 Å². The van der Waals surface area contributed by atoms with Gasteiger partial charge in [-0.05, 0) is 12.1 Å². The highest BCUT2D eigenvalue weighted by atomic mass is 32.2. The van der Waals surface area contributed by atoms with E-state index < -0.39 is 5.95 Å². The zero-order valence-corrected chi connectivity index (χ0v) is 9.81. The molecule has 0 aliphatic rings. The molecule has 6 nitrogen and oxygen atoms in total. The molecule has 0 radical (unpaired) electrons. The molecule has 2 aromatic rings. The van der Waals surface area contributed by atoms with Crippen molar-refractivity contribution < 1.29 is 19.1 Å². The fraction of sp³-hybridized carbons (Fsp3) is 0.200. The van der Waals surface area contributed by atoms with Crippen molar-refractivity contribution in [2.24, 2.45) is 7.05 Å². The van der Waals surface area contributed by atoms with Crippen LogP contribution in [0.5, 0.6) is 5.95 Å². The quantitative estimate of drug-likeness (QED) is 0.430. The second-order valence-electron chi connectivity index (χ2n) is 3.21. The van der Waals surface area contributed by atoms with Crippen LogP contribution < -0.4 is 9.79 Å². The van der Waals surface area contributed by atoms with E-state index in [4.69, 9.17) is 0 Å². The largest absolute Gasteiger partial charge is 0.539 e. The molecule has 0 bridgehead atoms. The van der Waals surface area contributed by atoms with Gasteiger partial charge in [-0.25, -0.2) is 4.98 Å². The molecular formula is C10H9N3O3S. The number of carbonyl (C=O) groups is 1. The Morgan fingerprint density at radius 1 is 1.59 bits per heavy atom. The number of nitrogens with zero attached hydrogens (tertiary/aromatic N) is 3. The van der Waals surface area contributed by atoms with Crippen LogP contribution in [0.2, 0.25) is 0 Å². The monoisotopic (exact) mass is 251 g/mol. The number of pyridine rings is 1. The summed E-state index contributed by atoms with van der Waals surface area (Å²) in [5.74, 6) is -0.907. The molecule has 0 amide bonds. The van der Waals surface area contributed by atoms with Gasteiger partial charge in [-0.15, -0.1) is 0 Å². The van der Waals surface area contributed by atoms with Gasteiger partial charge in [-0.1, -0.05) is 22.5 Å². The lowest BCUT2D eigenvalue weighted by molar-refractivity contribution is -0.741. The van der Waals surface area contributed by atoms with E-state index >= 15 is 0 Å². The molecule has 0 aromatic carbocycles. The number of thioether (sulfide) groups is 1.